The first-order chi connectivity index (χ1) is 9.48. The van der Waals surface area contributed by atoms with Crippen molar-refractivity contribution in [3.63, 3.8) is 0 Å². The van der Waals surface area contributed by atoms with Gasteiger partial charge in [-0.05, 0) is 33.2 Å². The second-order valence-electron chi connectivity index (χ2n) is 5.74. The van der Waals surface area contributed by atoms with Gasteiger partial charge in [-0.3, -0.25) is 14.8 Å². The third kappa shape index (κ3) is 2.86. The van der Waals surface area contributed by atoms with Crippen LogP contribution < -0.4 is 5.73 Å². The number of nitrogens with zero attached hydrogens (tertiary/aromatic N) is 2. The molecule has 0 bridgehead atoms. The second kappa shape index (κ2) is 5.93. The van der Waals surface area contributed by atoms with E-state index in [1.54, 1.807) is 7.11 Å². The minimum Gasteiger partial charge on any atom is -0.383 e. The van der Waals surface area contributed by atoms with Crippen molar-refractivity contribution in [1.29, 1.82) is 0 Å². The van der Waals surface area contributed by atoms with Crippen LogP contribution in [0, 0.1) is 13.8 Å². The summed E-state index contributed by atoms with van der Waals surface area (Å²) in [5.41, 5.74) is 8.48. The monoisotopic (exact) mass is 280 g/mol. The fourth-order valence-electron chi connectivity index (χ4n) is 3.25. The average molecular weight is 280 g/mol. The molecular formula is C14H24N4O2. The van der Waals surface area contributed by atoms with Crippen LogP contribution in [-0.2, 0) is 16.1 Å². The number of carbonyl (C=O) groups excluding carboxylic acids is 1. The van der Waals surface area contributed by atoms with Gasteiger partial charge in [0, 0.05) is 31.3 Å². The summed E-state index contributed by atoms with van der Waals surface area (Å²) in [6.07, 6.45) is 2.35. The molecule has 0 spiro atoms. The first kappa shape index (κ1) is 15.0. The number of amides is 1. The van der Waals surface area contributed by atoms with Crippen LogP contribution in [0.15, 0.2) is 0 Å². The second-order valence-corrected chi connectivity index (χ2v) is 5.74. The summed E-state index contributed by atoms with van der Waals surface area (Å²) in [6.45, 7) is 6.30. The fraction of sp³-hybridized carbons (Fsp3) is 0.714. The molecule has 2 rings (SSSR count). The van der Waals surface area contributed by atoms with E-state index in [0.29, 0.717) is 13.0 Å². The van der Waals surface area contributed by atoms with Crippen molar-refractivity contribution >= 4 is 5.91 Å². The van der Waals surface area contributed by atoms with Crippen LogP contribution in [-0.4, -0.2) is 46.8 Å². The predicted octanol–water partition coefficient (Wildman–Crippen LogP) is 0.883. The number of ether oxygens (including phenoxy) is 1. The summed E-state index contributed by atoms with van der Waals surface area (Å²) < 4.78 is 5.37. The first-order valence-corrected chi connectivity index (χ1v) is 7.01. The number of aromatic nitrogens is 2. The Morgan fingerprint density at radius 1 is 1.55 bits per heavy atom. The molecule has 0 radical (unpaired) electrons. The van der Waals surface area contributed by atoms with Gasteiger partial charge in [0.2, 0.25) is 5.91 Å². The maximum Gasteiger partial charge on any atom is 0.219 e. The molecule has 1 aromatic heterocycles. The van der Waals surface area contributed by atoms with Crippen LogP contribution in [0.4, 0.5) is 0 Å². The zero-order valence-corrected chi connectivity index (χ0v) is 12.5. The summed E-state index contributed by atoms with van der Waals surface area (Å²) >= 11 is 0. The van der Waals surface area contributed by atoms with E-state index in [-0.39, 0.29) is 11.4 Å². The lowest BCUT2D eigenvalue weighted by Crippen LogP contribution is -2.49. The lowest BCUT2D eigenvalue weighted by molar-refractivity contribution is -0.121. The molecule has 1 aliphatic heterocycles. The van der Waals surface area contributed by atoms with Gasteiger partial charge in [0.05, 0.1) is 17.8 Å². The van der Waals surface area contributed by atoms with E-state index in [9.17, 15) is 4.79 Å². The van der Waals surface area contributed by atoms with Crippen molar-refractivity contribution in [2.75, 3.05) is 20.3 Å². The van der Waals surface area contributed by atoms with E-state index in [0.717, 1.165) is 37.3 Å². The maximum atomic E-state index is 11.4. The molecule has 1 saturated heterocycles. The Hall–Kier alpha value is -1.40. The lowest BCUT2D eigenvalue weighted by Gasteiger charge is -2.37. The summed E-state index contributed by atoms with van der Waals surface area (Å²) in [7, 11) is 1.67. The molecule has 1 amide bonds. The van der Waals surface area contributed by atoms with Crippen LogP contribution in [0.2, 0.25) is 0 Å². The molecular weight excluding hydrogens is 256 g/mol. The number of aromatic amines is 1. The number of methoxy groups -OCH3 is 1. The number of likely N-dealkylation sites (tertiary alicyclic amines) is 1. The number of nitrogens with two attached hydrogens (primary N) is 1. The van der Waals surface area contributed by atoms with Gasteiger partial charge in [-0.15, -0.1) is 0 Å². The summed E-state index contributed by atoms with van der Waals surface area (Å²) in [5, 5.41) is 7.25. The zero-order chi connectivity index (χ0) is 14.8. The van der Waals surface area contributed by atoms with Crippen LogP contribution in [0.25, 0.3) is 0 Å². The third-order valence-corrected chi connectivity index (χ3v) is 4.29. The van der Waals surface area contributed by atoms with Gasteiger partial charge in [-0.1, -0.05) is 0 Å². The molecule has 20 heavy (non-hydrogen) atoms. The van der Waals surface area contributed by atoms with Crippen molar-refractivity contribution in [3.8, 4) is 0 Å². The highest BCUT2D eigenvalue weighted by molar-refractivity contribution is 5.75. The smallest absolute Gasteiger partial charge is 0.219 e. The van der Waals surface area contributed by atoms with Crippen molar-refractivity contribution in [3.05, 3.63) is 17.0 Å². The Bertz CT molecular complexity index is 466. The van der Waals surface area contributed by atoms with Crippen molar-refractivity contribution in [1.82, 2.24) is 15.1 Å². The number of hydrogen-bond acceptors (Lipinski definition) is 4. The number of H-pyrrole nitrogens is 1. The highest BCUT2D eigenvalue weighted by Crippen LogP contribution is 2.34. The van der Waals surface area contributed by atoms with E-state index < -0.39 is 0 Å². The molecule has 112 valence electrons. The molecule has 3 N–H and O–H groups in total. The van der Waals surface area contributed by atoms with Gasteiger partial charge < -0.3 is 10.5 Å². The maximum absolute atomic E-state index is 11.4. The molecule has 6 heteroatoms. The van der Waals surface area contributed by atoms with Crippen molar-refractivity contribution < 1.29 is 9.53 Å². The van der Waals surface area contributed by atoms with Crippen molar-refractivity contribution in [2.24, 2.45) is 5.73 Å². The van der Waals surface area contributed by atoms with Gasteiger partial charge in [-0.25, -0.2) is 0 Å². The highest BCUT2D eigenvalue weighted by atomic mass is 16.5. The standard InChI is InChI=1S/C14H24N4O2/c1-10-12(11(2)17-16-10)8-18-6-4-5-14(18,9-20-3)7-13(15)19/h4-9H2,1-3H3,(H2,15,19)(H,16,17)/t14-/m1/s1. The Balaban J connectivity index is 2.22. The zero-order valence-electron chi connectivity index (χ0n) is 12.5. The first-order valence-electron chi connectivity index (χ1n) is 7.01. The van der Waals surface area contributed by atoms with Crippen molar-refractivity contribution in [2.45, 2.75) is 45.2 Å². The molecule has 1 atom stereocenters. The summed E-state index contributed by atoms with van der Waals surface area (Å²) in [5.74, 6) is -0.269. The average Bonchev–Trinajstić information content (AvgIpc) is 2.88. The highest BCUT2D eigenvalue weighted by Gasteiger charge is 2.42. The van der Waals surface area contributed by atoms with Crippen LogP contribution >= 0.6 is 0 Å². The largest absolute Gasteiger partial charge is 0.383 e. The van der Waals surface area contributed by atoms with Gasteiger partial charge in [0.1, 0.15) is 0 Å². The number of primary amides is 1. The normalized spacial score (nSPS) is 23.4. The number of rotatable bonds is 6. The molecule has 6 nitrogen and oxygen atoms in total. The van der Waals surface area contributed by atoms with E-state index >= 15 is 0 Å². The molecule has 1 fully saturated rings. The van der Waals surface area contributed by atoms with Crippen LogP contribution in [0.3, 0.4) is 0 Å². The number of nitrogens with one attached hydrogen (secondary N) is 1. The number of hydrogen-bond donors (Lipinski definition) is 2. The quantitative estimate of drug-likeness (QED) is 0.810. The number of aryl methyl sites for hydroxylation is 2. The lowest BCUT2D eigenvalue weighted by atomic mass is 9.92. The van der Waals surface area contributed by atoms with E-state index in [4.69, 9.17) is 10.5 Å². The van der Waals surface area contributed by atoms with Crippen LogP contribution in [0.1, 0.15) is 36.2 Å². The minimum atomic E-state index is -0.269. The number of carbonyl (C=O) groups is 1. The Kier molecular flexibility index (Phi) is 4.45. The van der Waals surface area contributed by atoms with E-state index in [1.807, 2.05) is 13.8 Å². The minimum absolute atomic E-state index is 0.267. The van der Waals surface area contributed by atoms with Gasteiger partial charge in [-0.2, -0.15) is 5.10 Å². The van der Waals surface area contributed by atoms with Gasteiger partial charge in [0.15, 0.2) is 0 Å². The Morgan fingerprint density at radius 3 is 2.85 bits per heavy atom. The summed E-state index contributed by atoms with van der Waals surface area (Å²) in [4.78, 5) is 13.8. The molecule has 1 aromatic rings. The third-order valence-electron chi connectivity index (χ3n) is 4.29. The Morgan fingerprint density at radius 2 is 2.30 bits per heavy atom. The topological polar surface area (TPSA) is 84.2 Å². The molecule has 0 saturated carbocycles. The predicted molar refractivity (Wildman–Crippen MR) is 76.1 cm³/mol. The molecule has 0 unspecified atom stereocenters. The molecule has 2 heterocycles. The van der Waals surface area contributed by atoms with Crippen LogP contribution in [0.5, 0.6) is 0 Å². The SMILES string of the molecule is COC[C@]1(CC(N)=O)CCCN1Cc1c(C)n[nH]c1C. The van der Waals surface area contributed by atoms with Gasteiger partial charge >= 0.3 is 0 Å². The van der Waals surface area contributed by atoms with E-state index in [1.165, 1.54) is 5.56 Å². The fourth-order valence-corrected chi connectivity index (χ4v) is 3.25. The summed E-state index contributed by atoms with van der Waals surface area (Å²) in [6, 6.07) is 0. The molecule has 0 aliphatic carbocycles. The van der Waals surface area contributed by atoms with E-state index in [2.05, 4.69) is 15.1 Å². The molecule has 0 aromatic carbocycles. The Labute approximate surface area is 119 Å². The molecule has 1 aliphatic rings. The van der Waals surface area contributed by atoms with Gasteiger partial charge in [0.25, 0.3) is 0 Å².